The van der Waals surface area contributed by atoms with E-state index in [2.05, 4.69) is 15.7 Å². The van der Waals surface area contributed by atoms with Crippen LogP contribution in [0.3, 0.4) is 0 Å². The molecule has 0 aliphatic heterocycles. The Labute approximate surface area is 108 Å². The Morgan fingerprint density at radius 1 is 1.56 bits per heavy atom. The van der Waals surface area contributed by atoms with Crippen molar-refractivity contribution in [3.05, 3.63) is 23.9 Å². The molecule has 0 atom stereocenters. The molecule has 1 heterocycles. The molecule has 18 heavy (non-hydrogen) atoms. The number of anilines is 1. The summed E-state index contributed by atoms with van der Waals surface area (Å²) in [5, 5.41) is 2.86. The van der Waals surface area contributed by atoms with Gasteiger partial charge in [-0.15, -0.1) is 0 Å². The number of carbonyl (C=O) groups excluding carboxylic acids is 1. The zero-order chi connectivity index (χ0) is 13.5. The minimum Gasteiger partial charge on any atom is -0.353 e. The second-order valence-electron chi connectivity index (χ2n) is 4.59. The first-order valence-electron chi connectivity index (χ1n) is 5.90. The zero-order valence-electron chi connectivity index (χ0n) is 11.1. The van der Waals surface area contributed by atoms with Crippen molar-refractivity contribution in [2.24, 2.45) is 5.84 Å². The smallest absolute Gasteiger partial charge is 0.234 e. The highest BCUT2D eigenvalue weighted by Crippen LogP contribution is 2.07. The SMILES string of the molecule is CC(C)NC(=O)CN(C)Cc1ccnc(NN)c1. The van der Waals surface area contributed by atoms with Gasteiger partial charge in [0.15, 0.2) is 0 Å². The molecule has 0 fully saturated rings. The van der Waals surface area contributed by atoms with Crippen molar-refractivity contribution in [1.82, 2.24) is 15.2 Å². The van der Waals surface area contributed by atoms with E-state index in [1.807, 2.05) is 37.9 Å². The Bertz CT molecular complexity index is 394. The summed E-state index contributed by atoms with van der Waals surface area (Å²) in [6.07, 6.45) is 1.69. The number of nitrogens with two attached hydrogens (primary N) is 1. The summed E-state index contributed by atoms with van der Waals surface area (Å²) < 4.78 is 0. The van der Waals surface area contributed by atoms with Crippen LogP contribution in [-0.4, -0.2) is 35.4 Å². The molecule has 0 radical (unpaired) electrons. The van der Waals surface area contributed by atoms with E-state index < -0.39 is 0 Å². The van der Waals surface area contributed by atoms with E-state index in [1.54, 1.807) is 6.20 Å². The summed E-state index contributed by atoms with van der Waals surface area (Å²) in [4.78, 5) is 17.5. The lowest BCUT2D eigenvalue weighted by Gasteiger charge is -2.17. The van der Waals surface area contributed by atoms with Crippen molar-refractivity contribution in [3.8, 4) is 0 Å². The average Bonchev–Trinajstić information content (AvgIpc) is 2.27. The van der Waals surface area contributed by atoms with E-state index >= 15 is 0 Å². The van der Waals surface area contributed by atoms with Crippen LogP contribution in [0.4, 0.5) is 5.82 Å². The maximum Gasteiger partial charge on any atom is 0.234 e. The zero-order valence-corrected chi connectivity index (χ0v) is 11.1. The molecule has 1 amide bonds. The number of amides is 1. The van der Waals surface area contributed by atoms with Gasteiger partial charge in [0.05, 0.1) is 6.54 Å². The van der Waals surface area contributed by atoms with Gasteiger partial charge in [-0.05, 0) is 38.6 Å². The molecule has 0 saturated heterocycles. The highest BCUT2D eigenvalue weighted by Gasteiger charge is 2.08. The number of hydrazine groups is 1. The van der Waals surface area contributed by atoms with E-state index in [0.29, 0.717) is 18.9 Å². The summed E-state index contributed by atoms with van der Waals surface area (Å²) in [6.45, 7) is 4.93. The molecule has 0 unspecified atom stereocenters. The summed E-state index contributed by atoms with van der Waals surface area (Å²) >= 11 is 0. The number of aromatic nitrogens is 1. The molecular formula is C12H21N5O. The lowest BCUT2D eigenvalue weighted by Crippen LogP contribution is -2.38. The second-order valence-corrected chi connectivity index (χ2v) is 4.59. The lowest BCUT2D eigenvalue weighted by molar-refractivity contribution is -0.122. The molecule has 0 aliphatic rings. The molecule has 100 valence electrons. The van der Waals surface area contributed by atoms with Crippen molar-refractivity contribution < 1.29 is 4.79 Å². The van der Waals surface area contributed by atoms with Gasteiger partial charge in [-0.2, -0.15) is 0 Å². The first-order chi connectivity index (χ1) is 8.51. The summed E-state index contributed by atoms with van der Waals surface area (Å²) in [7, 11) is 1.90. The molecule has 1 aromatic heterocycles. The van der Waals surface area contributed by atoms with Gasteiger partial charge in [0.2, 0.25) is 5.91 Å². The standard InChI is InChI=1S/C12H21N5O/c1-9(2)15-12(18)8-17(3)7-10-4-5-14-11(6-10)16-13/h4-6,9H,7-8,13H2,1-3H3,(H,14,16)(H,15,18). The molecule has 1 rings (SSSR count). The Balaban J connectivity index is 2.48. The highest BCUT2D eigenvalue weighted by atomic mass is 16.2. The van der Waals surface area contributed by atoms with Crippen LogP contribution in [0.15, 0.2) is 18.3 Å². The third kappa shape index (κ3) is 5.11. The van der Waals surface area contributed by atoms with Crippen LogP contribution in [0.5, 0.6) is 0 Å². The fourth-order valence-corrected chi connectivity index (χ4v) is 1.63. The summed E-state index contributed by atoms with van der Waals surface area (Å²) in [5.74, 6) is 5.94. The Hall–Kier alpha value is -1.66. The van der Waals surface area contributed by atoms with Crippen LogP contribution in [0, 0.1) is 0 Å². The first kappa shape index (κ1) is 14.4. The van der Waals surface area contributed by atoms with E-state index in [4.69, 9.17) is 5.84 Å². The monoisotopic (exact) mass is 251 g/mol. The normalized spacial score (nSPS) is 10.8. The van der Waals surface area contributed by atoms with E-state index in [1.165, 1.54) is 0 Å². The molecule has 0 aliphatic carbocycles. The van der Waals surface area contributed by atoms with Gasteiger partial charge in [0.1, 0.15) is 5.82 Å². The number of likely N-dealkylation sites (N-methyl/N-ethyl adjacent to an activating group) is 1. The van der Waals surface area contributed by atoms with Gasteiger partial charge < -0.3 is 10.7 Å². The van der Waals surface area contributed by atoms with Crippen LogP contribution in [0.1, 0.15) is 19.4 Å². The summed E-state index contributed by atoms with van der Waals surface area (Å²) in [5.41, 5.74) is 3.55. The van der Waals surface area contributed by atoms with Crippen LogP contribution < -0.4 is 16.6 Å². The Kier molecular flexibility index (Phi) is 5.54. The molecular weight excluding hydrogens is 230 g/mol. The molecule has 0 saturated carbocycles. The fourth-order valence-electron chi connectivity index (χ4n) is 1.63. The van der Waals surface area contributed by atoms with Crippen LogP contribution in [0.2, 0.25) is 0 Å². The number of nitrogens with zero attached hydrogens (tertiary/aromatic N) is 2. The van der Waals surface area contributed by atoms with Crippen molar-refractivity contribution in [3.63, 3.8) is 0 Å². The number of rotatable bonds is 6. The second kappa shape index (κ2) is 6.93. The molecule has 1 aromatic rings. The maximum absolute atomic E-state index is 11.6. The predicted molar refractivity (Wildman–Crippen MR) is 71.7 cm³/mol. The third-order valence-electron chi connectivity index (χ3n) is 2.29. The molecule has 6 heteroatoms. The van der Waals surface area contributed by atoms with Gasteiger partial charge in [-0.25, -0.2) is 10.8 Å². The fraction of sp³-hybridized carbons (Fsp3) is 0.500. The van der Waals surface area contributed by atoms with Crippen molar-refractivity contribution in [1.29, 1.82) is 0 Å². The molecule has 6 nitrogen and oxygen atoms in total. The quantitative estimate of drug-likeness (QED) is 0.501. The van der Waals surface area contributed by atoms with Gasteiger partial charge in [0.25, 0.3) is 0 Å². The van der Waals surface area contributed by atoms with Crippen LogP contribution in [-0.2, 0) is 11.3 Å². The van der Waals surface area contributed by atoms with E-state index in [-0.39, 0.29) is 11.9 Å². The minimum atomic E-state index is 0.0266. The largest absolute Gasteiger partial charge is 0.353 e. The van der Waals surface area contributed by atoms with Gasteiger partial charge in [-0.3, -0.25) is 9.69 Å². The van der Waals surface area contributed by atoms with Crippen molar-refractivity contribution in [2.75, 3.05) is 19.0 Å². The summed E-state index contributed by atoms with van der Waals surface area (Å²) in [6, 6.07) is 3.93. The number of hydrogen-bond acceptors (Lipinski definition) is 5. The Morgan fingerprint density at radius 3 is 2.89 bits per heavy atom. The molecule has 0 aromatic carbocycles. The van der Waals surface area contributed by atoms with Crippen molar-refractivity contribution >= 4 is 11.7 Å². The lowest BCUT2D eigenvalue weighted by atomic mass is 10.2. The van der Waals surface area contributed by atoms with E-state index in [9.17, 15) is 4.79 Å². The molecule has 4 N–H and O–H groups in total. The first-order valence-corrected chi connectivity index (χ1v) is 5.90. The van der Waals surface area contributed by atoms with Crippen molar-refractivity contribution in [2.45, 2.75) is 26.4 Å². The molecule has 0 spiro atoms. The number of nitrogens with one attached hydrogen (secondary N) is 2. The van der Waals surface area contributed by atoms with Gasteiger partial charge >= 0.3 is 0 Å². The van der Waals surface area contributed by atoms with E-state index in [0.717, 1.165) is 5.56 Å². The maximum atomic E-state index is 11.6. The third-order valence-corrected chi connectivity index (χ3v) is 2.29. The van der Waals surface area contributed by atoms with Crippen LogP contribution in [0.25, 0.3) is 0 Å². The number of hydrogen-bond donors (Lipinski definition) is 3. The highest BCUT2D eigenvalue weighted by molar-refractivity contribution is 5.78. The number of pyridine rings is 1. The topological polar surface area (TPSA) is 83.3 Å². The van der Waals surface area contributed by atoms with Gasteiger partial charge in [-0.1, -0.05) is 0 Å². The predicted octanol–water partition coefficient (Wildman–Crippen LogP) is 0.324. The van der Waals surface area contributed by atoms with Crippen LogP contribution >= 0.6 is 0 Å². The Morgan fingerprint density at radius 2 is 2.28 bits per heavy atom. The number of carbonyl (C=O) groups is 1. The number of nitrogen functional groups attached to an aromatic ring is 1. The minimum absolute atomic E-state index is 0.0266. The molecule has 0 bridgehead atoms. The van der Waals surface area contributed by atoms with Gasteiger partial charge in [0, 0.05) is 18.8 Å². The average molecular weight is 251 g/mol.